The van der Waals surface area contributed by atoms with E-state index in [1.807, 2.05) is 20.8 Å². The summed E-state index contributed by atoms with van der Waals surface area (Å²) in [6.07, 6.45) is 0. The maximum Gasteiger partial charge on any atom is 0.325 e. The molecule has 12 nitrogen and oxygen atoms in total. The molecule has 2 aromatic heterocycles. The Bertz CT molecular complexity index is 1460. The molecule has 4 aromatic rings. The minimum atomic E-state index is -0.983. The van der Waals surface area contributed by atoms with E-state index in [9.17, 15) is 24.0 Å². The van der Waals surface area contributed by atoms with Gasteiger partial charge in [0.15, 0.2) is 11.6 Å². The molecule has 40 heavy (non-hydrogen) atoms. The molecular formula is C28H32N4O8. The van der Waals surface area contributed by atoms with Crippen molar-refractivity contribution in [3.8, 4) is 0 Å². The fourth-order valence-corrected chi connectivity index (χ4v) is 3.70. The zero-order chi connectivity index (χ0) is 30.2. The number of carbonyl (C=O) groups excluding carboxylic acids is 3. The smallest absolute Gasteiger partial charge is 0.325 e. The summed E-state index contributed by atoms with van der Waals surface area (Å²) in [6, 6.07) is 14.2. The molecule has 0 aliphatic rings. The monoisotopic (exact) mass is 552 g/mol. The van der Waals surface area contributed by atoms with Crippen molar-refractivity contribution >= 4 is 51.3 Å². The lowest BCUT2D eigenvalue weighted by Crippen LogP contribution is -2.21. The van der Waals surface area contributed by atoms with Gasteiger partial charge < -0.3 is 14.9 Å². The molecule has 0 amide bonds. The van der Waals surface area contributed by atoms with Crippen molar-refractivity contribution in [2.75, 3.05) is 0 Å². The Morgan fingerprint density at radius 2 is 1.05 bits per heavy atom. The third-order valence-corrected chi connectivity index (χ3v) is 5.00. The number of carboxylic acids is 2. The number of benzene rings is 2. The maximum atomic E-state index is 11.3. The van der Waals surface area contributed by atoms with Gasteiger partial charge in [-0.3, -0.25) is 33.3 Å². The molecule has 0 fully saturated rings. The number of fused-ring (bicyclic) bond motifs is 2. The van der Waals surface area contributed by atoms with Crippen LogP contribution < -0.4 is 0 Å². The lowest BCUT2D eigenvalue weighted by molar-refractivity contribution is -0.152. The Kier molecular flexibility index (Phi) is 10.4. The second-order valence-corrected chi connectivity index (χ2v) is 9.65. The topological polar surface area (TPSA) is 171 Å². The van der Waals surface area contributed by atoms with Crippen LogP contribution >= 0.6 is 0 Å². The number of ether oxygens (including phenoxy) is 1. The second kappa shape index (κ2) is 13.3. The molecule has 0 bridgehead atoms. The molecule has 4 rings (SSSR count). The molecule has 2 aromatic carbocycles. The molecule has 0 spiro atoms. The van der Waals surface area contributed by atoms with Crippen LogP contribution in [0, 0.1) is 0 Å². The predicted octanol–water partition coefficient (Wildman–Crippen LogP) is 4.00. The molecule has 0 radical (unpaired) electrons. The number of nitrogens with zero attached hydrogens (tertiary/aromatic N) is 4. The first-order valence-corrected chi connectivity index (χ1v) is 12.2. The van der Waals surface area contributed by atoms with E-state index in [0.717, 1.165) is 0 Å². The van der Waals surface area contributed by atoms with Crippen LogP contribution in [-0.4, -0.2) is 64.8 Å². The molecule has 0 saturated carbocycles. The number of Topliss-reactive ketones (excluding diaryl/α,β-unsaturated/α-hetero) is 2. The van der Waals surface area contributed by atoms with Gasteiger partial charge in [0.25, 0.3) is 0 Å². The summed E-state index contributed by atoms with van der Waals surface area (Å²) in [4.78, 5) is 54.2. The van der Waals surface area contributed by atoms with Crippen molar-refractivity contribution in [2.24, 2.45) is 0 Å². The molecule has 0 aliphatic heterocycles. The molecule has 0 unspecified atom stereocenters. The van der Waals surface area contributed by atoms with E-state index in [1.54, 1.807) is 48.5 Å². The number of ketones is 2. The van der Waals surface area contributed by atoms with E-state index >= 15 is 0 Å². The summed E-state index contributed by atoms with van der Waals surface area (Å²) in [6.45, 7) is 9.28. The lowest BCUT2D eigenvalue weighted by atomic mass is 10.2. The van der Waals surface area contributed by atoms with Crippen molar-refractivity contribution in [2.45, 2.75) is 60.2 Å². The first-order valence-electron chi connectivity index (χ1n) is 12.2. The highest BCUT2D eigenvalue weighted by atomic mass is 16.6. The van der Waals surface area contributed by atoms with Gasteiger partial charge in [-0.05, 0) is 32.9 Å². The van der Waals surface area contributed by atoms with Crippen molar-refractivity contribution in [3.63, 3.8) is 0 Å². The number of aromatic nitrogens is 4. The average molecular weight is 553 g/mol. The Morgan fingerprint density at radius 3 is 1.30 bits per heavy atom. The highest BCUT2D eigenvalue weighted by Gasteiger charge is 2.16. The highest BCUT2D eigenvalue weighted by Crippen LogP contribution is 2.19. The summed E-state index contributed by atoms with van der Waals surface area (Å²) in [5.74, 6) is -2.52. The predicted molar refractivity (Wildman–Crippen MR) is 146 cm³/mol. The van der Waals surface area contributed by atoms with Crippen LogP contribution in [0.4, 0.5) is 0 Å². The SMILES string of the molecule is CC(=O)OC(C)(C)C.CC(=O)c1nn(CC(=O)O)c2ccccc12.CC(=O)c1nn(CC(=O)O)c2ccccc12. The zero-order valence-electron chi connectivity index (χ0n) is 23.2. The Balaban J connectivity index is 0.000000224. The minimum Gasteiger partial charge on any atom is -0.480 e. The summed E-state index contributed by atoms with van der Waals surface area (Å²) in [5.41, 5.74) is 1.63. The third kappa shape index (κ3) is 8.86. The van der Waals surface area contributed by atoms with E-state index in [0.29, 0.717) is 33.2 Å². The van der Waals surface area contributed by atoms with Gasteiger partial charge >= 0.3 is 17.9 Å². The average Bonchev–Trinajstić information content (AvgIpc) is 3.37. The largest absolute Gasteiger partial charge is 0.480 e. The van der Waals surface area contributed by atoms with Crippen LogP contribution in [0.2, 0.25) is 0 Å². The van der Waals surface area contributed by atoms with Crippen LogP contribution in [0.3, 0.4) is 0 Å². The summed E-state index contributed by atoms with van der Waals surface area (Å²) >= 11 is 0. The molecular weight excluding hydrogens is 520 g/mol. The molecule has 212 valence electrons. The quantitative estimate of drug-likeness (QED) is 0.263. The number of carboxylic acid groups (broad SMARTS) is 2. The van der Waals surface area contributed by atoms with Crippen molar-refractivity contribution < 1.29 is 38.9 Å². The van der Waals surface area contributed by atoms with Crippen molar-refractivity contribution in [1.29, 1.82) is 0 Å². The zero-order valence-corrected chi connectivity index (χ0v) is 23.2. The standard InChI is InChI=1S/2C11H10N2O3.C6H12O2/c2*1-7(14)11-8-4-2-3-5-9(8)13(12-11)6-10(15)16;1-5(7)8-6(2,3)4/h2*2-5H,6H2,1H3,(H,15,16);1-4H3. The molecule has 0 saturated heterocycles. The molecule has 2 N–H and O–H groups in total. The van der Waals surface area contributed by atoms with Crippen LogP contribution in [0.25, 0.3) is 21.8 Å². The molecule has 0 atom stereocenters. The Hall–Kier alpha value is -4.87. The van der Waals surface area contributed by atoms with Gasteiger partial charge in [0.05, 0.1) is 11.0 Å². The van der Waals surface area contributed by atoms with Gasteiger partial charge in [-0.1, -0.05) is 36.4 Å². The first kappa shape index (κ1) is 31.3. The maximum absolute atomic E-state index is 11.3. The number of carbonyl (C=O) groups is 5. The fourth-order valence-electron chi connectivity index (χ4n) is 3.70. The van der Waals surface area contributed by atoms with E-state index in [-0.39, 0.29) is 36.2 Å². The van der Waals surface area contributed by atoms with E-state index in [4.69, 9.17) is 14.9 Å². The Morgan fingerprint density at radius 1 is 0.700 bits per heavy atom. The lowest BCUT2D eigenvalue weighted by Gasteiger charge is -2.17. The minimum absolute atomic E-state index is 0.166. The van der Waals surface area contributed by atoms with Crippen molar-refractivity contribution in [3.05, 3.63) is 59.9 Å². The van der Waals surface area contributed by atoms with E-state index in [1.165, 1.54) is 30.1 Å². The number of aliphatic carboxylic acids is 2. The van der Waals surface area contributed by atoms with Gasteiger partial charge in [-0.2, -0.15) is 10.2 Å². The fraction of sp³-hybridized carbons (Fsp3) is 0.321. The molecule has 0 aliphatic carbocycles. The number of para-hydroxylation sites is 2. The molecule has 2 heterocycles. The second-order valence-electron chi connectivity index (χ2n) is 9.65. The van der Waals surface area contributed by atoms with E-state index < -0.39 is 11.9 Å². The first-order chi connectivity index (χ1) is 18.6. The van der Waals surface area contributed by atoms with Crippen molar-refractivity contribution in [1.82, 2.24) is 19.6 Å². The van der Waals surface area contributed by atoms with Gasteiger partial charge in [0.1, 0.15) is 30.1 Å². The van der Waals surface area contributed by atoms with Gasteiger partial charge in [0.2, 0.25) is 0 Å². The van der Waals surface area contributed by atoms with E-state index in [2.05, 4.69) is 10.2 Å². The summed E-state index contributed by atoms with van der Waals surface area (Å²) < 4.78 is 7.45. The normalized spacial score (nSPS) is 10.7. The third-order valence-electron chi connectivity index (χ3n) is 5.00. The summed E-state index contributed by atoms with van der Waals surface area (Å²) in [5, 5.41) is 26.9. The number of hydrogen-bond donors (Lipinski definition) is 2. The van der Waals surface area contributed by atoms with Crippen LogP contribution in [0.15, 0.2) is 48.5 Å². The highest BCUT2D eigenvalue weighted by molar-refractivity contribution is 6.05. The van der Waals surface area contributed by atoms with Gasteiger partial charge in [-0.15, -0.1) is 0 Å². The summed E-state index contributed by atoms with van der Waals surface area (Å²) in [7, 11) is 0. The number of hydrogen-bond acceptors (Lipinski definition) is 8. The number of esters is 1. The van der Waals surface area contributed by atoms with Gasteiger partial charge in [0, 0.05) is 31.5 Å². The molecule has 12 heteroatoms. The van der Waals surface area contributed by atoms with Crippen LogP contribution in [0.5, 0.6) is 0 Å². The van der Waals surface area contributed by atoms with Gasteiger partial charge in [-0.25, -0.2) is 0 Å². The number of rotatable bonds is 6. The van der Waals surface area contributed by atoms with Crippen LogP contribution in [-0.2, 0) is 32.2 Å². The Labute approximate surface area is 230 Å². The van der Waals surface area contributed by atoms with Crippen LogP contribution in [0.1, 0.15) is 62.5 Å².